The number of aryl methyl sites for hydroxylation is 1. The van der Waals surface area contributed by atoms with Crippen LogP contribution in [0.4, 0.5) is 0 Å². The van der Waals surface area contributed by atoms with Gasteiger partial charge in [-0.15, -0.1) is 11.3 Å². The first-order valence-corrected chi connectivity index (χ1v) is 8.49. The number of rotatable bonds is 7. The molecule has 2 N–H and O–H groups in total. The first-order chi connectivity index (χ1) is 8.36. The summed E-state index contributed by atoms with van der Waals surface area (Å²) in [5, 5.41) is 3.29. The van der Waals surface area contributed by atoms with Gasteiger partial charge in [0.05, 0.1) is 4.90 Å². The van der Waals surface area contributed by atoms with Crippen LogP contribution in [-0.4, -0.2) is 21.0 Å². The van der Waals surface area contributed by atoms with Crippen molar-refractivity contribution < 1.29 is 8.42 Å². The van der Waals surface area contributed by atoms with Gasteiger partial charge in [0.25, 0.3) is 0 Å². The highest BCUT2D eigenvalue weighted by Crippen LogP contribution is 2.25. The Balaban J connectivity index is 2.84. The Labute approximate surface area is 114 Å². The van der Waals surface area contributed by atoms with E-state index in [0.29, 0.717) is 24.0 Å². The average molecular weight is 290 g/mol. The lowest BCUT2D eigenvalue weighted by Gasteiger charge is -2.05. The standard InChI is InChI=1S/C12H22N2O2S2/c1-5-6-14-18(15,16)12-7-11(17-10(12)4)8-13-9(2)3/h7,9,13-14H,5-6,8H2,1-4H3. The maximum atomic E-state index is 12.0. The molecular formula is C12H22N2O2S2. The summed E-state index contributed by atoms with van der Waals surface area (Å²) in [7, 11) is -3.34. The molecule has 1 aromatic rings. The van der Waals surface area contributed by atoms with Gasteiger partial charge in [0, 0.05) is 28.9 Å². The lowest BCUT2D eigenvalue weighted by Crippen LogP contribution is -2.24. The fourth-order valence-electron chi connectivity index (χ4n) is 1.50. The third-order valence-electron chi connectivity index (χ3n) is 2.44. The second kappa shape index (κ2) is 6.65. The van der Waals surface area contributed by atoms with E-state index in [9.17, 15) is 8.42 Å². The van der Waals surface area contributed by atoms with Crippen molar-refractivity contribution in [1.82, 2.24) is 10.0 Å². The summed E-state index contributed by atoms with van der Waals surface area (Å²) >= 11 is 1.54. The summed E-state index contributed by atoms with van der Waals surface area (Å²) in [4.78, 5) is 2.32. The van der Waals surface area contributed by atoms with Gasteiger partial charge in [0.15, 0.2) is 0 Å². The van der Waals surface area contributed by atoms with E-state index in [1.807, 2.05) is 13.8 Å². The number of hydrogen-bond donors (Lipinski definition) is 2. The van der Waals surface area contributed by atoms with Gasteiger partial charge in [-0.25, -0.2) is 13.1 Å². The van der Waals surface area contributed by atoms with Crippen LogP contribution in [0.15, 0.2) is 11.0 Å². The highest BCUT2D eigenvalue weighted by atomic mass is 32.2. The molecule has 0 aromatic carbocycles. The van der Waals surface area contributed by atoms with Gasteiger partial charge in [-0.3, -0.25) is 0 Å². The van der Waals surface area contributed by atoms with Gasteiger partial charge in [-0.2, -0.15) is 0 Å². The molecule has 1 rings (SSSR count). The van der Waals surface area contributed by atoms with Gasteiger partial charge < -0.3 is 5.32 Å². The molecule has 0 saturated heterocycles. The van der Waals surface area contributed by atoms with Crippen molar-refractivity contribution in [3.63, 3.8) is 0 Å². The van der Waals surface area contributed by atoms with Gasteiger partial charge in [-0.05, 0) is 19.4 Å². The minimum atomic E-state index is -3.34. The fraction of sp³-hybridized carbons (Fsp3) is 0.667. The Kier molecular flexibility index (Phi) is 5.78. The molecule has 0 fully saturated rings. The lowest BCUT2D eigenvalue weighted by atomic mass is 10.3. The van der Waals surface area contributed by atoms with E-state index >= 15 is 0 Å². The maximum absolute atomic E-state index is 12.0. The molecule has 0 radical (unpaired) electrons. The summed E-state index contributed by atoms with van der Waals surface area (Å²) in [5.74, 6) is 0. The third-order valence-corrected chi connectivity index (χ3v) is 5.21. The van der Waals surface area contributed by atoms with Crippen molar-refractivity contribution in [1.29, 1.82) is 0 Å². The molecule has 1 heterocycles. The molecule has 0 amide bonds. The molecular weight excluding hydrogens is 268 g/mol. The van der Waals surface area contributed by atoms with Crippen LogP contribution in [0.5, 0.6) is 0 Å². The minimum absolute atomic E-state index is 0.394. The molecule has 18 heavy (non-hydrogen) atoms. The van der Waals surface area contributed by atoms with E-state index in [-0.39, 0.29) is 0 Å². The van der Waals surface area contributed by atoms with E-state index in [2.05, 4.69) is 23.9 Å². The largest absolute Gasteiger partial charge is 0.310 e. The van der Waals surface area contributed by atoms with Crippen LogP contribution < -0.4 is 10.0 Å². The quantitative estimate of drug-likeness (QED) is 0.809. The molecule has 4 nitrogen and oxygen atoms in total. The molecule has 0 atom stereocenters. The predicted molar refractivity (Wildman–Crippen MR) is 76.5 cm³/mol. The Morgan fingerprint density at radius 2 is 2.06 bits per heavy atom. The second-order valence-electron chi connectivity index (χ2n) is 4.57. The molecule has 1 aromatic heterocycles. The molecule has 0 unspecified atom stereocenters. The Morgan fingerprint density at radius 1 is 1.39 bits per heavy atom. The number of hydrogen-bond acceptors (Lipinski definition) is 4. The van der Waals surface area contributed by atoms with Crippen LogP contribution in [0.25, 0.3) is 0 Å². The topological polar surface area (TPSA) is 58.2 Å². The van der Waals surface area contributed by atoms with Crippen molar-refractivity contribution in [2.24, 2.45) is 0 Å². The molecule has 0 bridgehead atoms. The molecule has 0 aliphatic rings. The first-order valence-electron chi connectivity index (χ1n) is 6.19. The fourth-order valence-corrected chi connectivity index (χ4v) is 4.22. The van der Waals surface area contributed by atoms with Gasteiger partial charge in [-0.1, -0.05) is 20.8 Å². The normalized spacial score (nSPS) is 12.3. The van der Waals surface area contributed by atoms with Crippen molar-refractivity contribution >= 4 is 21.4 Å². The molecule has 104 valence electrons. The van der Waals surface area contributed by atoms with Crippen molar-refractivity contribution in [3.05, 3.63) is 15.8 Å². The zero-order valence-corrected chi connectivity index (χ0v) is 13.0. The number of nitrogens with one attached hydrogen (secondary N) is 2. The Bertz CT molecular complexity index is 478. The Morgan fingerprint density at radius 3 is 2.61 bits per heavy atom. The van der Waals surface area contributed by atoms with Crippen molar-refractivity contribution in [2.45, 2.75) is 51.6 Å². The SMILES string of the molecule is CCCNS(=O)(=O)c1cc(CNC(C)C)sc1C. The van der Waals surface area contributed by atoms with Crippen LogP contribution in [-0.2, 0) is 16.6 Å². The maximum Gasteiger partial charge on any atom is 0.241 e. The predicted octanol–water partition coefficient (Wildman–Crippen LogP) is 2.24. The summed E-state index contributed by atoms with van der Waals surface area (Å²) in [6, 6.07) is 2.17. The van der Waals surface area contributed by atoms with Gasteiger partial charge >= 0.3 is 0 Å². The monoisotopic (exact) mass is 290 g/mol. The summed E-state index contributed by atoms with van der Waals surface area (Å²) in [6.07, 6.45) is 0.796. The smallest absolute Gasteiger partial charge is 0.241 e. The molecule has 0 saturated carbocycles. The number of sulfonamides is 1. The average Bonchev–Trinajstić information content (AvgIpc) is 2.66. The van der Waals surface area contributed by atoms with Gasteiger partial charge in [0.2, 0.25) is 10.0 Å². The number of thiophene rings is 1. The highest BCUT2D eigenvalue weighted by molar-refractivity contribution is 7.89. The van der Waals surface area contributed by atoms with Gasteiger partial charge in [0.1, 0.15) is 0 Å². The molecule has 0 aliphatic carbocycles. The van der Waals surface area contributed by atoms with Crippen LogP contribution in [0.2, 0.25) is 0 Å². The molecule has 0 aliphatic heterocycles. The zero-order valence-electron chi connectivity index (χ0n) is 11.4. The first kappa shape index (κ1) is 15.6. The zero-order chi connectivity index (χ0) is 13.8. The van der Waals surface area contributed by atoms with Crippen LogP contribution in [0.1, 0.15) is 36.9 Å². The van der Waals surface area contributed by atoms with Crippen LogP contribution >= 0.6 is 11.3 Å². The summed E-state index contributed by atoms with van der Waals surface area (Å²) in [5.41, 5.74) is 0. The van der Waals surface area contributed by atoms with Crippen molar-refractivity contribution in [2.75, 3.05) is 6.54 Å². The molecule has 0 spiro atoms. The molecule has 6 heteroatoms. The van der Waals surface area contributed by atoms with Crippen LogP contribution in [0.3, 0.4) is 0 Å². The summed E-state index contributed by atoms with van der Waals surface area (Å²) < 4.78 is 26.7. The van der Waals surface area contributed by atoms with Crippen molar-refractivity contribution in [3.8, 4) is 0 Å². The van der Waals surface area contributed by atoms with E-state index in [1.165, 1.54) is 11.3 Å². The van der Waals surface area contributed by atoms with E-state index in [0.717, 1.165) is 16.2 Å². The Hall–Kier alpha value is -0.430. The second-order valence-corrected chi connectivity index (χ2v) is 7.64. The lowest BCUT2D eigenvalue weighted by molar-refractivity contribution is 0.580. The van der Waals surface area contributed by atoms with Crippen LogP contribution in [0, 0.1) is 6.92 Å². The van der Waals surface area contributed by atoms with E-state index < -0.39 is 10.0 Å². The third kappa shape index (κ3) is 4.35. The minimum Gasteiger partial charge on any atom is -0.310 e. The highest BCUT2D eigenvalue weighted by Gasteiger charge is 2.19. The van der Waals surface area contributed by atoms with E-state index in [1.54, 1.807) is 6.07 Å². The summed E-state index contributed by atoms with van der Waals surface area (Å²) in [6.45, 7) is 9.14. The van der Waals surface area contributed by atoms with E-state index in [4.69, 9.17) is 0 Å².